The number of hydrogen-bond acceptors (Lipinski definition) is 6. The Morgan fingerprint density at radius 2 is 2.24 bits per heavy atom. The van der Waals surface area contributed by atoms with Gasteiger partial charge in [0.15, 0.2) is 5.82 Å². The summed E-state index contributed by atoms with van der Waals surface area (Å²) in [6.45, 7) is 6.49. The minimum atomic E-state index is 0.197. The topological polar surface area (TPSA) is 64.9 Å². The van der Waals surface area contributed by atoms with E-state index < -0.39 is 0 Å². The van der Waals surface area contributed by atoms with Gasteiger partial charge in [0.25, 0.3) is 5.89 Å². The molecule has 0 aromatic carbocycles. The summed E-state index contributed by atoms with van der Waals surface area (Å²) >= 11 is 3.26. The predicted octanol–water partition coefficient (Wildman–Crippen LogP) is 3.41. The van der Waals surface area contributed by atoms with Gasteiger partial charge >= 0.3 is 0 Å². The molecule has 2 aromatic rings. The fraction of sp³-hybridized carbons (Fsp3) is 0.455. The first kappa shape index (κ1) is 12.4. The maximum absolute atomic E-state index is 5.81. The lowest BCUT2D eigenvalue weighted by atomic mass is 10.3. The smallest absolute Gasteiger partial charge is 0.260 e. The van der Waals surface area contributed by atoms with Crippen molar-refractivity contribution in [3.8, 4) is 11.5 Å². The van der Waals surface area contributed by atoms with Crippen molar-refractivity contribution >= 4 is 28.1 Å². The van der Waals surface area contributed by atoms with Crippen molar-refractivity contribution in [2.75, 3.05) is 5.73 Å². The molecule has 0 unspecified atom stereocenters. The lowest BCUT2D eigenvalue weighted by Crippen LogP contribution is -2.07. The van der Waals surface area contributed by atoms with Crippen LogP contribution in [-0.4, -0.2) is 14.9 Å². The fourth-order valence-corrected chi connectivity index (χ4v) is 2.51. The van der Waals surface area contributed by atoms with Crippen molar-refractivity contribution in [3.63, 3.8) is 0 Å². The highest BCUT2D eigenvalue weighted by molar-refractivity contribution is 7.99. The van der Waals surface area contributed by atoms with E-state index in [1.807, 2.05) is 11.4 Å². The molecule has 2 heterocycles. The van der Waals surface area contributed by atoms with Gasteiger partial charge in [0.2, 0.25) is 0 Å². The van der Waals surface area contributed by atoms with E-state index in [1.54, 1.807) is 11.8 Å². The van der Waals surface area contributed by atoms with Crippen molar-refractivity contribution < 1.29 is 4.52 Å². The number of hydrogen-bond donors (Lipinski definition) is 1. The monoisotopic (exact) mass is 269 g/mol. The summed E-state index contributed by atoms with van der Waals surface area (Å²) in [7, 11) is 0. The molecule has 0 aliphatic heterocycles. The Hall–Kier alpha value is -1.01. The van der Waals surface area contributed by atoms with Crippen LogP contribution >= 0.6 is 23.1 Å². The summed E-state index contributed by atoms with van der Waals surface area (Å²) in [4.78, 5) is 4.34. The van der Waals surface area contributed by atoms with E-state index in [-0.39, 0.29) is 4.75 Å². The molecule has 2 aromatic heterocycles. The lowest BCUT2D eigenvalue weighted by Gasteiger charge is -2.15. The van der Waals surface area contributed by atoms with Crippen LogP contribution < -0.4 is 5.73 Å². The van der Waals surface area contributed by atoms with Gasteiger partial charge in [-0.05, 0) is 11.4 Å². The maximum atomic E-state index is 5.81. The quantitative estimate of drug-likeness (QED) is 0.925. The van der Waals surface area contributed by atoms with Crippen LogP contribution in [-0.2, 0) is 5.75 Å². The molecule has 2 N–H and O–H groups in total. The summed E-state index contributed by atoms with van der Waals surface area (Å²) in [5.41, 5.74) is 6.64. The zero-order valence-corrected chi connectivity index (χ0v) is 11.7. The Bertz CT molecular complexity index is 499. The molecule has 0 atom stereocenters. The molecule has 0 fully saturated rings. The van der Waals surface area contributed by atoms with Gasteiger partial charge in [0, 0.05) is 4.75 Å². The van der Waals surface area contributed by atoms with Gasteiger partial charge in [-0.2, -0.15) is 4.98 Å². The number of aromatic nitrogens is 2. The third-order valence-electron chi connectivity index (χ3n) is 2.03. The SMILES string of the molecule is CC(C)(C)SCc1noc(-c2ccsc2N)n1. The summed E-state index contributed by atoms with van der Waals surface area (Å²) < 4.78 is 5.40. The standard InChI is InChI=1S/C11H15N3OS2/c1-11(2,3)17-6-8-13-10(15-14-8)7-4-5-16-9(7)12/h4-5H,6,12H2,1-3H3. The average molecular weight is 269 g/mol. The molecule has 6 heteroatoms. The molecule has 0 aliphatic carbocycles. The number of nitrogens with zero attached hydrogens (tertiary/aromatic N) is 2. The molecule has 92 valence electrons. The van der Waals surface area contributed by atoms with E-state index in [0.717, 1.165) is 11.3 Å². The van der Waals surface area contributed by atoms with Gasteiger partial charge in [-0.15, -0.1) is 23.1 Å². The van der Waals surface area contributed by atoms with E-state index in [4.69, 9.17) is 10.3 Å². The first-order valence-corrected chi connectivity index (χ1v) is 7.12. The molecule has 0 saturated heterocycles. The Kier molecular flexibility index (Phi) is 3.44. The van der Waals surface area contributed by atoms with E-state index >= 15 is 0 Å². The van der Waals surface area contributed by atoms with Crippen molar-refractivity contribution in [2.45, 2.75) is 31.3 Å². The first-order chi connectivity index (χ1) is 7.96. The molecular formula is C11H15N3OS2. The van der Waals surface area contributed by atoms with Crippen LogP contribution in [0.25, 0.3) is 11.5 Å². The Morgan fingerprint density at radius 3 is 2.82 bits per heavy atom. The zero-order valence-electron chi connectivity index (χ0n) is 10.1. The molecule has 0 radical (unpaired) electrons. The van der Waals surface area contributed by atoms with Gasteiger partial charge in [0.05, 0.1) is 16.3 Å². The minimum Gasteiger partial charge on any atom is -0.390 e. The van der Waals surface area contributed by atoms with Gasteiger partial charge in [-0.25, -0.2) is 0 Å². The second-order valence-electron chi connectivity index (χ2n) is 4.62. The minimum absolute atomic E-state index is 0.197. The van der Waals surface area contributed by atoms with Crippen LogP contribution in [0.15, 0.2) is 16.0 Å². The molecule has 2 rings (SSSR count). The third kappa shape index (κ3) is 3.23. The molecule has 17 heavy (non-hydrogen) atoms. The van der Waals surface area contributed by atoms with E-state index in [1.165, 1.54) is 11.3 Å². The first-order valence-electron chi connectivity index (χ1n) is 5.25. The molecular weight excluding hydrogens is 254 g/mol. The van der Waals surface area contributed by atoms with Gasteiger partial charge < -0.3 is 10.3 Å². The fourth-order valence-electron chi connectivity index (χ4n) is 1.20. The molecule has 0 aliphatic rings. The summed E-state index contributed by atoms with van der Waals surface area (Å²) in [6, 6.07) is 1.90. The normalized spacial score (nSPS) is 11.9. The molecule has 0 bridgehead atoms. The van der Waals surface area contributed by atoms with Gasteiger partial charge in [-0.1, -0.05) is 25.9 Å². The molecule has 0 amide bonds. The second kappa shape index (κ2) is 4.70. The number of thiophene rings is 1. The van der Waals surface area contributed by atoms with E-state index in [9.17, 15) is 0 Å². The van der Waals surface area contributed by atoms with Crippen molar-refractivity contribution in [2.24, 2.45) is 0 Å². The van der Waals surface area contributed by atoms with Crippen LogP contribution in [0.1, 0.15) is 26.6 Å². The Morgan fingerprint density at radius 1 is 1.47 bits per heavy atom. The highest BCUT2D eigenvalue weighted by atomic mass is 32.2. The maximum Gasteiger partial charge on any atom is 0.260 e. The number of thioether (sulfide) groups is 1. The summed E-state index contributed by atoms with van der Waals surface area (Å²) in [6.07, 6.45) is 0. The second-order valence-corrected chi connectivity index (χ2v) is 7.37. The number of nitrogens with two attached hydrogens (primary N) is 1. The van der Waals surface area contributed by atoms with Crippen molar-refractivity contribution in [1.29, 1.82) is 0 Å². The zero-order chi connectivity index (χ0) is 12.5. The lowest BCUT2D eigenvalue weighted by molar-refractivity contribution is 0.425. The van der Waals surface area contributed by atoms with Crippen LogP contribution in [0.3, 0.4) is 0 Å². The number of anilines is 1. The summed E-state index contributed by atoms with van der Waals surface area (Å²) in [5, 5.41) is 6.59. The summed E-state index contributed by atoms with van der Waals surface area (Å²) in [5.74, 6) is 1.97. The van der Waals surface area contributed by atoms with E-state index in [2.05, 4.69) is 30.9 Å². The third-order valence-corrected chi connectivity index (χ3v) is 4.04. The highest BCUT2D eigenvalue weighted by Crippen LogP contribution is 2.30. The predicted molar refractivity (Wildman–Crippen MR) is 73.1 cm³/mol. The molecule has 0 saturated carbocycles. The Labute approximate surface area is 109 Å². The number of nitrogen functional groups attached to an aromatic ring is 1. The van der Waals surface area contributed by atoms with Crippen LogP contribution in [0.4, 0.5) is 5.00 Å². The van der Waals surface area contributed by atoms with Gasteiger partial charge in [0.1, 0.15) is 0 Å². The van der Waals surface area contributed by atoms with Crippen molar-refractivity contribution in [3.05, 3.63) is 17.3 Å². The van der Waals surface area contributed by atoms with Crippen LogP contribution in [0, 0.1) is 0 Å². The largest absolute Gasteiger partial charge is 0.390 e. The van der Waals surface area contributed by atoms with Gasteiger partial charge in [-0.3, -0.25) is 0 Å². The Balaban J connectivity index is 2.09. The number of rotatable bonds is 3. The molecule has 4 nitrogen and oxygen atoms in total. The molecule has 0 spiro atoms. The van der Waals surface area contributed by atoms with Crippen molar-refractivity contribution in [1.82, 2.24) is 10.1 Å². The van der Waals surface area contributed by atoms with Crippen LogP contribution in [0.5, 0.6) is 0 Å². The average Bonchev–Trinajstić information content (AvgIpc) is 2.81. The van der Waals surface area contributed by atoms with Crippen LogP contribution in [0.2, 0.25) is 0 Å². The highest BCUT2D eigenvalue weighted by Gasteiger charge is 2.15. The van der Waals surface area contributed by atoms with E-state index in [0.29, 0.717) is 16.7 Å².